The van der Waals surface area contributed by atoms with Crippen LogP contribution in [0.15, 0.2) is 11.4 Å². The number of aromatic nitrogens is 3. The molecule has 0 aliphatic rings. The Morgan fingerprint density at radius 3 is 2.61 bits per heavy atom. The molecule has 0 saturated heterocycles. The Bertz CT molecular complexity index is 501. The Balaban J connectivity index is 2.08. The number of thiazole rings is 1. The van der Waals surface area contributed by atoms with Crippen LogP contribution in [-0.4, -0.2) is 22.0 Å². The van der Waals surface area contributed by atoms with Crippen LogP contribution in [-0.2, 0) is 13.0 Å². The first-order valence-corrected chi connectivity index (χ1v) is 6.79. The third-order valence-corrected chi connectivity index (χ3v) is 3.40. The fourth-order valence-electron chi connectivity index (χ4n) is 1.52. The van der Waals surface area contributed by atoms with Gasteiger partial charge < -0.3 is 10.6 Å². The zero-order valence-electron chi connectivity index (χ0n) is 10.8. The summed E-state index contributed by atoms with van der Waals surface area (Å²) < 4.78 is 0. The number of anilines is 2. The van der Waals surface area contributed by atoms with Gasteiger partial charge in [-0.25, -0.2) is 15.0 Å². The van der Waals surface area contributed by atoms with Crippen molar-refractivity contribution in [2.75, 3.05) is 17.7 Å². The third-order valence-electron chi connectivity index (χ3n) is 2.43. The number of hydrogen-bond acceptors (Lipinski definition) is 6. The zero-order chi connectivity index (χ0) is 13.0. The van der Waals surface area contributed by atoms with Crippen LogP contribution in [0.25, 0.3) is 0 Å². The minimum absolute atomic E-state index is 0.696. The molecule has 0 aliphatic heterocycles. The van der Waals surface area contributed by atoms with Gasteiger partial charge in [0.2, 0.25) is 0 Å². The summed E-state index contributed by atoms with van der Waals surface area (Å²) in [5, 5.41) is 9.43. The van der Waals surface area contributed by atoms with Crippen molar-refractivity contribution in [3.63, 3.8) is 0 Å². The van der Waals surface area contributed by atoms with E-state index < -0.39 is 0 Å². The zero-order valence-corrected chi connectivity index (χ0v) is 11.6. The molecule has 6 heteroatoms. The molecule has 0 spiro atoms. The van der Waals surface area contributed by atoms with Crippen LogP contribution in [0.1, 0.15) is 23.4 Å². The van der Waals surface area contributed by atoms with Crippen molar-refractivity contribution in [1.29, 1.82) is 0 Å². The van der Waals surface area contributed by atoms with Crippen LogP contribution in [0, 0.1) is 6.92 Å². The highest BCUT2D eigenvalue weighted by atomic mass is 32.1. The maximum absolute atomic E-state index is 4.44. The van der Waals surface area contributed by atoms with Gasteiger partial charge in [-0.15, -0.1) is 11.3 Å². The Hall–Kier alpha value is -1.69. The van der Waals surface area contributed by atoms with Gasteiger partial charge >= 0.3 is 0 Å². The van der Waals surface area contributed by atoms with E-state index in [1.807, 2.05) is 32.3 Å². The molecule has 0 amide bonds. The van der Waals surface area contributed by atoms with Gasteiger partial charge in [-0.05, 0) is 6.92 Å². The monoisotopic (exact) mass is 263 g/mol. The fraction of sp³-hybridized carbons (Fsp3) is 0.417. The standard InChI is InChI=1S/C12H17N5S/c1-4-9-16-10(13-3)5-11(17-9)14-6-12-15-8(2)7-18-12/h5,7H,4,6H2,1-3H3,(H2,13,14,16,17). The molecule has 2 heterocycles. The number of nitrogens with zero attached hydrogens (tertiary/aromatic N) is 3. The summed E-state index contributed by atoms with van der Waals surface area (Å²) in [7, 11) is 1.86. The molecule has 5 nitrogen and oxygen atoms in total. The van der Waals surface area contributed by atoms with Gasteiger partial charge in [-0.1, -0.05) is 6.92 Å². The molecule has 2 N–H and O–H groups in total. The third kappa shape index (κ3) is 3.16. The Kier molecular flexibility index (Phi) is 4.09. The molecule has 96 valence electrons. The van der Waals surface area contributed by atoms with Crippen molar-refractivity contribution >= 4 is 23.0 Å². The summed E-state index contributed by atoms with van der Waals surface area (Å²) in [6, 6.07) is 1.90. The van der Waals surface area contributed by atoms with Crippen molar-refractivity contribution in [2.45, 2.75) is 26.8 Å². The van der Waals surface area contributed by atoms with Crippen LogP contribution >= 0.6 is 11.3 Å². The first-order chi connectivity index (χ1) is 8.71. The molecule has 0 aliphatic carbocycles. The highest BCUT2D eigenvalue weighted by molar-refractivity contribution is 7.09. The molecular formula is C12H17N5S. The van der Waals surface area contributed by atoms with E-state index in [0.717, 1.165) is 34.6 Å². The van der Waals surface area contributed by atoms with Crippen molar-refractivity contribution in [3.05, 3.63) is 28.0 Å². The minimum atomic E-state index is 0.696. The van der Waals surface area contributed by atoms with E-state index in [1.165, 1.54) is 0 Å². The first-order valence-electron chi connectivity index (χ1n) is 5.92. The van der Waals surface area contributed by atoms with E-state index in [4.69, 9.17) is 0 Å². The van der Waals surface area contributed by atoms with Crippen LogP contribution in [0.4, 0.5) is 11.6 Å². The van der Waals surface area contributed by atoms with Crippen molar-refractivity contribution in [3.8, 4) is 0 Å². The molecule has 18 heavy (non-hydrogen) atoms. The number of nitrogens with one attached hydrogen (secondary N) is 2. The largest absolute Gasteiger partial charge is 0.373 e. The summed E-state index contributed by atoms with van der Waals surface area (Å²) in [5.74, 6) is 2.50. The summed E-state index contributed by atoms with van der Waals surface area (Å²) >= 11 is 1.66. The SMILES string of the molecule is CCc1nc(NC)cc(NCc2nc(C)cs2)n1. The second-order valence-corrected chi connectivity index (χ2v) is 4.84. The lowest BCUT2D eigenvalue weighted by molar-refractivity contribution is 0.932. The van der Waals surface area contributed by atoms with E-state index in [1.54, 1.807) is 11.3 Å². The Morgan fingerprint density at radius 2 is 2.00 bits per heavy atom. The molecule has 0 saturated carbocycles. The van der Waals surface area contributed by atoms with E-state index in [-0.39, 0.29) is 0 Å². The molecule has 2 aromatic heterocycles. The van der Waals surface area contributed by atoms with E-state index in [0.29, 0.717) is 6.54 Å². The summed E-state index contributed by atoms with van der Waals surface area (Å²) in [6.07, 6.45) is 0.820. The average molecular weight is 263 g/mol. The van der Waals surface area contributed by atoms with Gasteiger partial charge in [-0.3, -0.25) is 0 Å². The number of rotatable bonds is 5. The quantitative estimate of drug-likeness (QED) is 0.867. The predicted octanol–water partition coefficient (Wildman–Crippen LogP) is 2.46. The van der Waals surface area contributed by atoms with Crippen molar-refractivity contribution < 1.29 is 0 Å². The molecule has 0 fully saturated rings. The normalized spacial score (nSPS) is 10.4. The lowest BCUT2D eigenvalue weighted by Gasteiger charge is -2.07. The number of aryl methyl sites for hydroxylation is 2. The molecule has 0 radical (unpaired) electrons. The van der Waals surface area contributed by atoms with Crippen molar-refractivity contribution in [1.82, 2.24) is 15.0 Å². The maximum Gasteiger partial charge on any atom is 0.132 e. The van der Waals surface area contributed by atoms with Crippen molar-refractivity contribution in [2.24, 2.45) is 0 Å². The van der Waals surface area contributed by atoms with E-state index >= 15 is 0 Å². The second kappa shape index (κ2) is 5.77. The number of hydrogen-bond donors (Lipinski definition) is 2. The van der Waals surface area contributed by atoms with Crippen LogP contribution in [0.2, 0.25) is 0 Å². The highest BCUT2D eigenvalue weighted by Crippen LogP contribution is 2.14. The van der Waals surface area contributed by atoms with Gasteiger partial charge in [0.15, 0.2) is 0 Å². The maximum atomic E-state index is 4.44. The fourth-order valence-corrected chi connectivity index (χ4v) is 2.24. The van der Waals surface area contributed by atoms with Gasteiger partial charge in [0.05, 0.1) is 6.54 Å². The molecule has 0 bridgehead atoms. The molecule has 0 atom stereocenters. The second-order valence-electron chi connectivity index (χ2n) is 3.89. The smallest absolute Gasteiger partial charge is 0.132 e. The van der Waals surface area contributed by atoms with Gasteiger partial charge in [0.25, 0.3) is 0 Å². The molecule has 0 aromatic carbocycles. The van der Waals surface area contributed by atoms with Crippen LogP contribution in [0.3, 0.4) is 0 Å². The first kappa shape index (κ1) is 12.8. The summed E-state index contributed by atoms with van der Waals surface area (Å²) in [6.45, 7) is 4.74. The van der Waals surface area contributed by atoms with Crippen LogP contribution < -0.4 is 10.6 Å². The highest BCUT2D eigenvalue weighted by Gasteiger charge is 2.03. The topological polar surface area (TPSA) is 62.7 Å². The Morgan fingerprint density at radius 1 is 1.22 bits per heavy atom. The van der Waals surface area contributed by atoms with Gasteiger partial charge in [0.1, 0.15) is 22.5 Å². The van der Waals surface area contributed by atoms with Crippen LogP contribution in [0.5, 0.6) is 0 Å². The molecular weight excluding hydrogens is 246 g/mol. The van der Waals surface area contributed by atoms with Gasteiger partial charge in [-0.2, -0.15) is 0 Å². The predicted molar refractivity (Wildman–Crippen MR) is 75.1 cm³/mol. The minimum Gasteiger partial charge on any atom is -0.373 e. The molecule has 2 rings (SSSR count). The molecule has 0 unspecified atom stereocenters. The lowest BCUT2D eigenvalue weighted by atomic mass is 10.4. The lowest BCUT2D eigenvalue weighted by Crippen LogP contribution is -2.06. The Labute approximate surface area is 111 Å². The van der Waals surface area contributed by atoms with Gasteiger partial charge in [0, 0.05) is 30.6 Å². The molecule has 2 aromatic rings. The summed E-state index contributed by atoms with van der Waals surface area (Å²) in [5.41, 5.74) is 1.06. The average Bonchev–Trinajstić information content (AvgIpc) is 2.81. The van der Waals surface area contributed by atoms with E-state index in [2.05, 4.69) is 25.6 Å². The van der Waals surface area contributed by atoms with E-state index in [9.17, 15) is 0 Å². The summed E-state index contributed by atoms with van der Waals surface area (Å²) in [4.78, 5) is 13.2.